The van der Waals surface area contributed by atoms with Crippen molar-refractivity contribution in [2.75, 3.05) is 40.4 Å². The van der Waals surface area contributed by atoms with E-state index in [-0.39, 0.29) is 17.7 Å². The summed E-state index contributed by atoms with van der Waals surface area (Å²) in [7, 11) is 3.23. The van der Waals surface area contributed by atoms with Gasteiger partial charge in [0.05, 0.1) is 20.1 Å². The van der Waals surface area contributed by atoms with Crippen LogP contribution < -0.4 is 9.47 Å². The van der Waals surface area contributed by atoms with Crippen LogP contribution in [0.5, 0.6) is 11.5 Å². The second kappa shape index (κ2) is 8.63. The fourth-order valence-corrected chi connectivity index (χ4v) is 3.94. The molecule has 2 fully saturated rings. The van der Waals surface area contributed by atoms with Crippen LogP contribution in [0, 0.1) is 11.8 Å². The lowest BCUT2D eigenvalue weighted by Gasteiger charge is -2.32. The van der Waals surface area contributed by atoms with Crippen LogP contribution in [0.25, 0.3) is 0 Å². The molecule has 27 heavy (non-hydrogen) atoms. The van der Waals surface area contributed by atoms with Crippen molar-refractivity contribution in [2.24, 2.45) is 11.8 Å². The number of amides is 2. The summed E-state index contributed by atoms with van der Waals surface area (Å²) < 4.78 is 10.6. The SMILES string of the molecule is COc1ccc(CCN2C[C@@H](C(=O)N3CCC(C)CC3)CC2=O)cc1OC. The summed E-state index contributed by atoms with van der Waals surface area (Å²) in [4.78, 5) is 28.9. The number of methoxy groups -OCH3 is 2. The highest BCUT2D eigenvalue weighted by Gasteiger charge is 2.36. The number of ether oxygens (including phenoxy) is 2. The van der Waals surface area contributed by atoms with Crippen LogP contribution >= 0.6 is 0 Å². The molecule has 148 valence electrons. The third kappa shape index (κ3) is 4.54. The quantitative estimate of drug-likeness (QED) is 0.767. The first-order valence-electron chi connectivity index (χ1n) is 9.79. The molecule has 2 saturated heterocycles. The highest BCUT2D eigenvalue weighted by Crippen LogP contribution is 2.28. The molecule has 0 saturated carbocycles. The smallest absolute Gasteiger partial charge is 0.227 e. The largest absolute Gasteiger partial charge is 0.493 e. The number of rotatable bonds is 6. The van der Waals surface area contributed by atoms with E-state index in [9.17, 15) is 9.59 Å². The van der Waals surface area contributed by atoms with Crippen molar-refractivity contribution < 1.29 is 19.1 Å². The van der Waals surface area contributed by atoms with Gasteiger partial charge in [0.2, 0.25) is 11.8 Å². The Morgan fingerprint density at radius 1 is 1.15 bits per heavy atom. The predicted molar refractivity (Wildman–Crippen MR) is 103 cm³/mol. The minimum absolute atomic E-state index is 0.0826. The van der Waals surface area contributed by atoms with Crippen LogP contribution in [0.4, 0.5) is 0 Å². The second-order valence-electron chi connectivity index (χ2n) is 7.69. The molecule has 1 aromatic carbocycles. The number of carbonyl (C=O) groups excluding carboxylic acids is 2. The van der Waals surface area contributed by atoms with E-state index in [1.807, 2.05) is 28.0 Å². The molecular formula is C21H30N2O4. The molecule has 2 amide bonds. The molecule has 1 aromatic rings. The maximum absolute atomic E-state index is 12.7. The minimum Gasteiger partial charge on any atom is -0.493 e. The third-order valence-electron chi connectivity index (χ3n) is 5.78. The van der Waals surface area contributed by atoms with E-state index in [1.165, 1.54) is 0 Å². The van der Waals surface area contributed by atoms with Gasteiger partial charge in [-0.2, -0.15) is 0 Å². The maximum Gasteiger partial charge on any atom is 0.227 e. The lowest BCUT2D eigenvalue weighted by Crippen LogP contribution is -2.42. The Kier molecular flexibility index (Phi) is 6.24. The number of nitrogens with zero attached hydrogens (tertiary/aromatic N) is 2. The van der Waals surface area contributed by atoms with Crippen molar-refractivity contribution in [3.8, 4) is 11.5 Å². The topological polar surface area (TPSA) is 59.1 Å². The number of benzene rings is 1. The molecule has 0 aromatic heterocycles. The molecule has 3 rings (SSSR count). The monoisotopic (exact) mass is 374 g/mol. The molecule has 0 N–H and O–H groups in total. The molecule has 0 unspecified atom stereocenters. The van der Waals surface area contributed by atoms with Crippen LogP contribution in [-0.2, 0) is 16.0 Å². The van der Waals surface area contributed by atoms with Gasteiger partial charge in [-0.25, -0.2) is 0 Å². The summed E-state index contributed by atoms with van der Waals surface area (Å²) in [6.45, 7) is 5.05. The maximum atomic E-state index is 12.7. The van der Waals surface area contributed by atoms with Crippen LogP contribution in [0.1, 0.15) is 31.7 Å². The highest BCUT2D eigenvalue weighted by molar-refractivity contribution is 5.89. The zero-order valence-corrected chi connectivity index (χ0v) is 16.6. The Bertz CT molecular complexity index is 683. The zero-order chi connectivity index (χ0) is 19.4. The van der Waals surface area contributed by atoms with E-state index in [4.69, 9.17) is 9.47 Å². The van der Waals surface area contributed by atoms with Crippen LogP contribution in [0.3, 0.4) is 0 Å². The lowest BCUT2D eigenvalue weighted by atomic mass is 9.97. The highest BCUT2D eigenvalue weighted by atomic mass is 16.5. The fourth-order valence-electron chi connectivity index (χ4n) is 3.94. The van der Waals surface area contributed by atoms with Crippen molar-refractivity contribution in [3.05, 3.63) is 23.8 Å². The molecule has 6 heteroatoms. The van der Waals surface area contributed by atoms with Crippen LogP contribution in [0.15, 0.2) is 18.2 Å². The van der Waals surface area contributed by atoms with Gasteiger partial charge in [-0.1, -0.05) is 13.0 Å². The minimum atomic E-state index is -0.184. The van der Waals surface area contributed by atoms with Crippen LogP contribution in [0.2, 0.25) is 0 Å². The Balaban J connectivity index is 1.54. The predicted octanol–water partition coefficient (Wildman–Crippen LogP) is 2.35. The summed E-state index contributed by atoms with van der Waals surface area (Å²) in [5.41, 5.74) is 1.08. The van der Waals surface area contributed by atoms with E-state index in [1.54, 1.807) is 14.2 Å². The Labute approximate surface area is 161 Å². The number of hydrogen-bond acceptors (Lipinski definition) is 4. The standard InChI is InChI=1S/C21H30N2O4/c1-15-6-9-22(10-7-15)21(25)17-13-20(24)23(14-17)11-8-16-4-5-18(26-2)19(12-16)27-3/h4-5,12,15,17H,6-11,13-14H2,1-3H3/t17-/m0/s1. The second-order valence-corrected chi connectivity index (χ2v) is 7.69. The Morgan fingerprint density at radius 2 is 1.85 bits per heavy atom. The van der Waals surface area contributed by atoms with Crippen molar-refractivity contribution in [3.63, 3.8) is 0 Å². The first-order valence-corrected chi connectivity index (χ1v) is 9.79. The third-order valence-corrected chi connectivity index (χ3v) is 5.78. The number of likely N-dealkylation sites (tertiary alicyclic amines) is 2. The van der Waals surface area contributed by atoms with Crippen molar-refractivity contribution in [1.82, 2.24) is 9.80 Å². The van der Waals surface area contributed by atoms with Gasteiger partial charge < -0.3 is 19.3 Å². The normalized spacial score (nSPS) is 20.9. The van der Waals surface area contributed by atoms with Crippen LogP contribution in [-0.4, -0.2) is 62.0 Å². The molecule has 2 heterocycles. The fraction of sp³-hybridized carbons (Fsp3) is 0.619. The van der Waals surface area contributed by atoms with Gasteiger partial charge in [-0.3, -0.25) is 9.59 Å². The summed E-state index contributed by atoms with van der Waals surface area (Å²) in [6, 6.07) is 5.81. The Morgan fingerprint density at radius 3 is 2.52 bits per heavy atom. The van der Waals surface area contributed by atoms with Gasteiger partial charge in [0.25, 0.3) is 0 Å². The van der Waals surface area contributed by atoms with Gasteiger partial charge in [0, 0.05) is 32.6 Å². The average Bonchev–Trinajstić information content (AvgIpc) is 3.06. The molecular weight excluding hydrogens is 344 g/mol. The molecule has 0 spiro atoms. The molecule has 6 nitrogen and oxygen atoms in total. The van der Waals surface area contributed by atoms with Crippen molar-refractivity contribution in [1.29, 1.82) is 0 Å². The number of hydrogen-bond donors (Lipinski definition) is 0. The van der Waals surface area contributed by atoms with Gasteiger partial charge >= 0.3 is 0 Å². The molecule has 2 aliphatic heterocycles. The van der Waals surface area contributed by atoms with E-state index in [0.717, 1.165) is 37.9 Å². The summed E-state index contributed by atoms with van der Waals surface area (Å²) in [5, 5.41) is 0. The van der Waals surface area contributed by atoms with Crippen molar-refractivity contribution >= 4 is 11.8 Å². The Hall–Kier alpha value is -2.24. The lowest BCUT2D eigenvalue weighted by molar-refractivity contribution is -0.137. The number of piperidine rings is 1. The van der Waals surface area contributed by atoms with E-state index in [2.05, 4.69) is 6.92 Å². The number of carbonyl (C=O) groups is 2. The van der Waals surface area contributed by atoms with Gasteiger partial charge in [0.15, 0.2) is 11.5 Å². The zero-order valence-electron chi connectivity index (χ0n) is 16.6. The molecule has 1 atom stereocenters. The first kappa shape index (κ1) is 19.5. The average molecular weight is 374 g/mol. The van der Waals surface area contributed by atoms with Gasteiger partial charge in [-0.15, -0.1) is 0 Å². The van der Waals surface area contributed by atoms with E-state index < -0.39 is 0 Å². The molecule has 0 radical (unpaired) electrons. The summed E-state index contributed by atoms with van der Waals surface area (Å²) in [6.07, 6.45) is 3.20. The molecule has 0 aliphatic carbocycles. The molecule has 2 aliphatic rings. The van der Waals surface area contributed by atoms with Gasteiger partial charge in [-0.05, 0) is 42.9 Å². The molecule has 0 bridgehead atoms. The summed E-state index contributed by atoms with van der Waals surface area (Å²) in [5.74, 6) is 2.13. The van der Waals surface area contributed by atoms with Crippen molar-refractivity contribution in [2.45, 2.75) is 32.6 Å². The first-order chi connectivity index (χ1) is 13.0. The van der Waals surface area contributed by atoms with E-state index in [0.29, 0.717) is 36.9 Å². The summed E-state index contributed by atoms with van der Waals surface area (Å²) >= 11 is 0. The van der Waals surface area contributed by atoms with Gasteiger partial charge in [0.1, 0.15) is 0 Å². The van der Waals surface area contributed by atoms with E-state index >= 15 is 0 Å².